The van der Waals surface area contributed by atoms with Gasteiger partial charge >= 0.3 is 6.03 Å². The van der Waals surface area contributed by atoms with Gasteiger partial charge in [0.05, 0.1) is 12.2 Å². The molecule has 0 aliphatic carbocycles. The number of rotatable bonds is 6. The maximum Gasteiger partial charge on any atom is 0.315 e. The fourth-order valence-corrected chi connectivity index (χ4v) is 2.09. The minimum absolute atomic E-state index is 0.0606. The lowest BCUT2D eigenvalue weighted by Crippen LogP contribution is -2.37. The molecule has 0 bridgehead atoms. The van der Waals surface area contributed by atoms with Crippen LogP contribution in [-0.2, 0) is 13.6 Å². The summed E-state index contributed by atoms with van der Waals surface area (Å²) in [6, 6.07) is -0.219. The Labute approximate surface area is 124 Å². The van der Waals surface area contributed by atoms with Crippen LogP contribution < -0.4 is 10.6 Å². The predicted octanol–water partition coefficient (Wildman–Crippen LogP) is 1.38. The van der Waals surface area contributed by atoms with Gasteiger partial charge in [0.15, 0.2) is 0 Å². The lowest BCUT2D eigenvalue weighted by atomic mass is 10.2. The second kappa shape index (κ2) is 6.92. The number of nitrogens with zero attached hydrogens (tertiary/aromatic N) is 4. The fraction of sp³-hybridized carbons (Fsp3) is 0.500. The van der Waals surface area contributed by atoms with Crippen molar-refractivity contribution in [1.82, 2.24) is 30.0 Å². The van der Waals surface area contributed by atoms with Crippen LogP contribution in [0.1, 0.15) is 30.8 Å². The van der Waals surface area contributed by atoms with Crippen molar-refractivity contribution in [2.45, 2.75) is 32.9 Å². The molecule has 2 heterocycles. The highest BCUT2D eigenvalue weighted by atomic mass is 16.2. The highest BCUT2D eigenvalue weighted by Gasteiger charge is 2.10. The van der Waals surface area contributed by atoms with Crippen LogP contribution in [0.25, 0.3) is 0 Å². The van der Waals surface area contributed by atoms with Crippen LogP contribution in [0, 0.1) is 6.92 Å². The molecule has 2 aromatic rings. The minimum atomic E-state index is -0.159. The SMILES string of the molecule is Cc1nccn1CCCNC(=O)N[C@H](C)c1cnn(C)c1. The van der Waals surface area contributed by atoms with Crippen LogP contribution >= 0.6 is 0 Å². The molecule has 21 heavy (non-hydrogen) atoms. The first kappa shape index (κ1) is 15.1. The number of nitrogens with one attached hydrogen (secondary N) is 2. The van der Waals surface area contributed by atoms with Gasteiger partial charge in [-0.2, -0.15) is 5.10 Å². The van der Waals surface area contributed by atoms with E-state index in [1.54, 1.807) is 17.1 Å². The number of amides is 2. The van der Waals surface area contributed by atoms with Gasteiger partial charge in [-0.05, 0) is 20.3 Å². The van der Waals surface area contributed by atoms with Crippen molar-refractivity contribution in [2.24, 2.45) is 7.05 Å². The molecule has 7 heteroatoms. The van der Waals surface area contributed by atoms with E-state index >= 15 is 0 Å². The highest BCUT2D eigenvalue weighted by Crippen LogP contribution is 2.09. The number of aromatic nitrogens is 4. The van der Waals surface area contributed by atoms with Crippen molar-refractivity contribution >= 4 is 6.03 Å². The first-order valence-electron chi connectivity index (χ1n) is 7.07. The zero-order valence-corrected chi connectivity index (χ0v) is 12.7. The predicted molar refractivity (Wildman–Crippen MR) is 79.7 cm³/mol. The quantitative estimate of drug-likeness (QED) is 0.789. The van der Waals surface area contributed by atoms with Crippen LogP contribution in [0.5, 0.6) is 0 Å². The van der Waals surface area contributed by atoms with E-state index in [9.17, 15) is 4.79 Å². The van der Waals surface area contributed by atoms with E-state index in [0.29, 0.717) is 6.54 Å². The lowest BCUT2D eigenvalue weighted by molar-refractivity contribution is 0.237. The maximum atomic E-state index is 11.8. The van der Waals surface area contributed by atoms with Crippen molar-refractivity contribution in [3.63, 3.8) is 0 Å². The smallest absolute Gasteiger partial charge is 0.315 e. The fourth-order valence-electron chi connectivity index (χ4n) is 2.09. The van der Waals surface area contributed by atoms with Crippen molar-refractivity contribution in [1.29, 1.82) is 0 Å². The van der Waals surface area contributed by atoms with Crippen molar-refractivity contribution in [3.05, 3.63) is 36.2 Å². The molecule has 0 unspecified atom stereocenters. The summed E-state index contributed by atoms with van der Waals surface area (Å²) in [6.45, 7) is 5.38. The first-order chi connectivity index (χ1) is 10.1. The Kier molecular flexibility index (Phi) is 4.97. The van der Waals surface area contributed by atoms with E-state index in [4.69, 9.17) is 0 Å². The monoisotopic (exact) mass is 290 g/mol. The van der Waals surface area contributed by atoms with Crippen LogP contribution in [0.15, 0.2) is 24.8 Å². The second-order valence-corrected chi connectivity index (χ2v) is 5.09. The Hall–Kier alpha value is -2.31. The number of hydrogen-bond donors (Lipinski definition) is 2. The summed E-state index contributed by atoms with van der Waals surface area (Å²) in [5, 5.41) is 9.85. The van der Waals surface area contributed by atoms with Crippen molar-refractivity contribution in [3.8, 4) is 0 Å². The molecule has 2 rings (SSSR count). The molecular formula is C14H22N6O. The van der Waals surface area contributed by atoms with E-state index in [-0.39, 0.29) is 12.1 Å². The van der Waals surface area contributed by atoms with Gasteiger partial charge in [-0.3, -0.25) is 4.68 Å². The molecule has 2 aromatic heterocycles. The van der Waals surface area contributed by atoms with Gasteiger partial charge in [-0.25, -0.2) is 9.78 Å². The van der Waals surface area contributed by atoms with Gasteiger partial charge in [0.25, 0.3) is 0 Å². The largest absolute Gasteiger partial charge is 0.338 e. The van der Waals surface area contributed by atoms with Gasteiger partial charge < -0.3 is 15.2 Å². The van der Waals surface area contributed by atoms with Crippen LogP contribution in [0.2, 0.25) is 0 Å². The van der Waals surface area contributed by atoms with Crippen LogP contribution in [0.4, 0.5) is 4.79 Å². The van der Waals surface area contributed by atoms with E-state index in [0.717, 1.165) is 24.4 Å². The number of aryl methyl sites for hydroxylation is 3. The Morgan fingerprint density at radius 2 is 2.29 bits per heavy atom. The topological polar surface area (TPSA) is 76.8 Å². The number of hydrogen-bond acceptors (Lipinski definition) is 3. The third-order valence-corrected chi connectivity index (χ3v) is 3.36. The van der Waals surface area contributed by atoms with Gasteiger partial charge in [0.2, 0.25) is 0 Å². The summed E-state index contributed by atoms with van der Waals surface area (Å²) in [5.41, 5.74) is 0.988. The van der Waals surface area contributed by atoms with Gasteiger partial charge in [-0.1, -0.05) is 0 Å². The van der Waals surface area contributed by atoms with Crippen molar-refractivity contribution in [2.75, 3.05) is 6.54 Å². The number of carbonyl (C=O) groups excluding carboxylic acids is 1. The normalized spacial score (nSPS) is 12.1. The van der Waals surface area contributed by atoms with E-state index in [1.165, 1.54) is 0 Å². The molecule has 2 N–H and O–H groups in total. The van der Waals surface area contributed by atoms with Crippen molar-refractivity contribution < 1.29 is 4.79 Å². The Morgan fingerprint density at radius 1 is 1.48 bits per heavy atom. The lowest BCUT2D eigenvalue weighted by Gasteiger charge is -2.13. The molecule has 1 atom stereocenters. The van der Waals surface area contributed by atoms with Gasteiger partial charge in [0.1, 0.15) is 5.82 Å². The Balaban J connectivity index is 1.67. The summed E-state index contributed by atoms with van der Waals surface area (Å²) in [6.07, 6.45) is 8.25. The molecule has 0 fully saturated rings. The molecule has 0 spiro atoms. The van der Waals surface area contributed by atoms with E-state index in [2.05, 4.69) is 25.3 Å². The standard InChI is InChI=1S/C14H22N6O/c1-11(13-9-17-19(3)10-13)18-14(21)16-5-4-7-20-8-6-15-12(20)2/h6,8-11H,4-5,7H2,1-3H3,(H2,16,18,21)/t11-/m1/s1. The molecule has 0 aromatic carbocycles. The van der Waals surface area contributed by atoms with Crippen LogP contribution in [0.3, 0.4) is 0 Å². The molecule has 0 aliphatic heterocycles. The first-order valence-corrected chi connectivity index (χ1v) is 7.07. The molecule has 0 saturated heterocycles. The number of imidazole rings is 1. The molecular weight excluding hydrogens is 268 g/mol. The summed E-state index contributed by atoms with van der Waals surface area (Å²) in [4.78, 5) is 16.0. The average molecular weight is 290 g/mol. The molecule has 0 aliphatic rings. The molecule has 0 saturated carbocycles. The summed E-state index contributed by atoms with van der Waals surface area (Å²) < 4.78 is 3.79. The molecule has 0 radical (unpaired) electrons. The highest BCUT2D eigenvalue weighted by molar-refractivity contribution is 5.74. The summed E-state index contributed by atoms with van der Waals surface area (Å²) in [7, 11) is 1.86. The average Bonchev–Trinajstić information content (AvgIpc) is 3.04. The zero-order valence-electron chi connectivity index (χ0n) is 12.7. The maximum absolute atomic E-state index is 11.8. The third-order valence-electron chi connectivity index (χ3n) is 3.36. The van der Waals surface area contributed by atoms with E-state index in [1.807, 2.05) is 33.3 Å². The molecule has 114 valence electrons. The number of carbonyl (C=O) groups is 1. The second-order valence-electron chi connectivity index (χ2n) is 5.09. The zero-order chi connectivity index (χ0) is 15.2. The van der Waals surface area contributed by atoms with Gasteiger partial charge in [-0.15, -0.1) is 0 Å². The molecule has 7 nitrogen and oxygen atoms in total. The Morgan fingerprint density at radius 3 is 2.90 bits per heavy atom. The van der Waals surface area contributed by atoms with E-state index < -0.39 is 0 Å². The minimum Gasteiger partial charge on any atom is -0.338 e. The Bertz CT molecular complexity index is 588. The number of urea groups is 1. The summed E-state index contributed by atoms with van der Waals surface area (Å²) >= 11 is 0. The van der Waals surface area contributed by atoms with Crippen LogP contribution in [-0.4, -0.2) is 31.9 Å². The molecule has 2 amide bonds. The third kappa shape index (κ3) is 4.34. The summed E-state index contributed by atoms with van der Waals surface area (Å²) in [5.74, 6) is 0.990. The van der Waals surface area contributed by atoms with Gasteiger partial charge in [0, 0.05) is 44.3 Å².